The van der Waals surface area contributed by atoms with Gasteiger partial charge in [0.1, 0.15) is 5.82 Å². The Bertz CT molecular complexity index is 399. The van der Waals surface area contributed by atoms with Gasteiger partial charge in [-0.05, 0) is 52.4 Å². The van der Waals surface area contributed by atoms with E-state index in [-0.39, 0.29) is 18.0 Å². The summed E-state index contributed by atoms with van der Waals surface area (Å²) < 4.78 is 19.2. The molecule has 0 radical (unpaired) electrons. The zero-order valence-corrected chi connectivity index (χ0v) is 11.4. The Kier molecular flexibility index (Phi) is 4.17. The first-order chi connectivity index (χ1) is 8.08. The van der Waals surface area contributed by atoms with E-state index in [1.165, 1.54) is 6.07 Å². The van der Waals surface area contributed by atoms with Gasteiger partial charge in [0.15, 0.2) is 0 Å². The summed E-state index contributed by atoms with van der Waals surface area (Å²) in [4.78, 5) is 0. The third-order valence-corrected chi connectivity index (χ3v) is 3.93. The van der Waals surface area contributed by atoms with E-state index in [0.717, 1.165) is 18.6 Å². The van der Waals surface area contributed by atoms with Crippen LogP contribution in [0.3, 0.4) is 0 Å². The molecule has 1 aliphatic heterocycles. The van der Waals surface area contributed by atoms with Crippen molar-refractivity contribution >= 4 is 15.9 Å². The first-order valence-corrected chi connectivity index (χ1v) is 6.68. The van der Waals surface area contributed by atoms with E-state index in [9.17, 15) is 4.39 Å². The van der Waals surface area contributed by atoms with Crippen molar-refractivity contribution in [3.8, 4) is 0 Å². The van der Waals surface area contributed by atoms with Crippen LogP contribution < -0.4 is 5.73 Å². The van der Waals surface area contributed by atoms with Crippen LogP contribution in [0.1, 0.15) is 18.9 Å². The lowest BCUT2D eigenvalue weighted by Crippen LogP contribution is -2.39. The molecule has 94 valence electrons. The van der Waals surface area contributed by atoms with Gasteiger partial charge in [-0.15, -0.1) is 0 Å². The van der Waals surface area contributed by atoms with Gasteiger partial charge in [0, 0.05) is 12.6 Å². The van der Waals surface area contributed by atoms with Gasteiger partial charge in [-0.1, -0.05) is 13.0 Å². The summed E-state index contributed by atoms with van der Waals surface area (Å²) >= 11 is 3.18. The monoisotopic (exact) mass is 301 g/mol. The molecule has 1 saturated heterocycles. The summed E-state index contributed by atoms with van der Waals surface area (Å²) in [5, 5.41) is 0. The number of hydrogen-bond donors (Lipinski definition) is 1. The zero-order chi connectivity index (χ0) is 12.4. The third kappa shape index (κ3) is 3.06. The fraction of sp³-hybridized carbons (Fsp3) is 0.538. The van der Waals surface area contributed by atoms with Gasteiger partial charge in [-0.3, -0.25) is 0 Å². The van der Waals surface area contributed by atoms with Gasteiger partial charge in [0.05, 0.1) is 10.6 Å². The molecule has 0 aliphatic carbocycles. The molecule has 1 aromatic carbocycles. The Morgan fingerprint density at radius 1 is 1.59 bits per heavy atom. The second-order valence-electron chi connectivity index (χ2n) is 4.72. The highest BCUT2D eigenvalue weighted by atomic mass is 79.9. The van der Waals surface area contributed by atoms with Crippen LogP contribution in [0.25, 0.3) is 0 Å². The van der Waals surface area contributed by atoms with Crippen molar-refractivity contribution in [3.05, 3.63) is 34.1 Å². The lowest BCUT2D eigenvalue weighted by Gasteiger charge is -2.22. The third-order valence-electron chi connectivity index (χ3n) is 3.32. The molecule has 1 heterocycles. The average Bonchev–Trinajstić information content (AvgIpc) is 2.70. The molecule has 0 bridgehead atoms. The molecule has 2 nitrogen and oxygen atoms in total. The summed E-state index contributed by atoms with van der Waals surface area (Å²) in [5.74, 6) is 0.265. The Labute approximate surface area is 109 Å². The molecule has 3 atom stereocenters. The van der Waals surface area contributed by atoms with E-state index in [2.05, 4.69) is 22.9 Å². The Hall–Kier alpha value is -0.450. The molecular formula is C13H17BrFNO. The van der Waals surface area contributed by atoms with Crippen LogP contribution in [0.4, 0.5) is 4.39 Å². The lowest BCUT2D eigenvalue weighted by molar-refractivity contribution is 0.0726. The molecule has 2 N–H and O–H groups in total. The summed E-state index contributed by atoms with van der Waals surface area (Å²) in [7, 11) is 0. The fourth-order valence-electron chi connectivity index (χ4n) is 2.32. The van der Waals surface area contributed by atoms with Crippen molar-refractivity contribution in [3.63, 3.8) is 0 Å². The molecule has 2 rings (SSSR count). The molecule has 0 spiro atoms. The van der Waals surface area contributed by atoms with Gasteiger partial charge in [0.2, 0.25) is 0 Å². The fourth-order valence-corrected chi connectivity index (χ4v) is 2.75. The van der Waals surface area contributed by atoms with Crippen LogP contribution >= 0.6 is 15.9 Å². The predicted molar refractivity (Wildman–Crippen MR) is 69.3 cm³/mol. The lowest BCUT2D eigenvalue weighted by atomic mass is 9.94. The molecular weight excluding hydrogens is 285 g/mol. The second-order valence-corrected chi connectivity index (χ2v) is 5.57. The van der Waals surface area contributed by atoms with Crippen LogP contribution in [-0.4, -0.2) is 18.8 Å². The van der Waals surface area contributed by atoms with Gasteiger partial charge >= 0.3 is 0 Å². The summed E-state index contributed by atoms with van der Waals surface area (Å²) in [6.45, 7) is 2.96. The highest BCUT2D eigenvalue weighted by Gasteiger charge is 2.29. The molecule has 0 amide bonds. The van der Waals surface area contributed by atoms with Crippen molar-refractivity contribution in [1.29, 1.82) is 0 Å². The average molecular weight is 302 g/mol. The Balaban J connectivity index is 2.02. The molecule has 4 heteroatoms. The van der Waals surface area contributed by atoms with E-state index in [1.807, 2.05) is 0 Å². The van der Waals surface area contributed by atoms with Gasteiger partial charge in [-0.25, -0.2) is 4.39 Å². The zero-order valence-electron chi connectivity index (χ0n) is 9.83. The summed E-state index contributed by atoms with van der Waals surface area (Å²) in [6, 6.07) is 5.00. The van der Waals surface area contributed by atoms with E-state index in [0.29, 0.717) is 16.8 Å². The van der Waals surface area contributed by atoms with Crippen LogP contribution in [0.2, 0.25) is 0 Å². The highest BCUT2D eigenvalue weighted by Crippen LogP contribution is 2.24. The molecule has 1 fully saturated rings. The van der Waals surface area contributed by atoms with Crippen LogP contribution in [0.15, 0.2) is 22.7 Å². The number of halogens is 2. The molecule has 1 aromatic rings. The number of ether oxygens (including phenoxy) is 1. The Morgan fingerprint density at radius 2 is 2.35 bits per heavy atom. The van der Waals surface area contributed by atoms with Crippen molar-refractivity contribution in [2.45, 2.75) is 31.9 Å². The van der Waals surface area contributed by atoms with E-state index in [1.54, 1.807) is 12.1 Å². The van der Waals surface area contributed by atoms with Crippen LogP contribution in [0.5, 0.6) is 0 Å². The number of hydrogen-bond acceptors (Lipinski definition) is 2. The number of rotatable bonds is 3. The van der Waals surface area contributed by atoms with Gasteiger partial charge in [-0.2, -0.15) is 0 Å². The minimum atomic E-state index is -0.243. The van der Waals surface area contributed by atoms with Crippen molar-refractivity contribution in [1.82, 2.24) is 0 Å². The normalized spacial score (nSPS) is 26.1. The van der Waals surface area contributed by atoms with Crippen molar-refractivity contribution in [2.24, 2.45) is 11.7 Å². The molecule has 17 heavy (non-hydrogen) atoms. The highest BCUT2D eigenvalue weighted by molar-refractivity contribution is 9.10. The standard InChI is InChI=1S/C13H17BrFNO/c1-8-4-5-17-13(8)12(16)7-9-2-3-11(15)10(14)6-9/h2-3,6,8,12-13H,4-5,7,16H2,1H3. The maximum absolute atomic E-state index is 13.1. The minimum absolute atomic E-state index is 0.0233. The maximum Gasteiger partial charge on any atom is 0.137 e. The quantitative estimate of drug-likeness (QED) is 0.932. The summed E-state index contributed by atoms with van der Waals surface area (Å²) in [5.41, 5.74) is 7.19. The molecule has 0 saturated carbocycles. The largest absolute Gasteiger partial charge is 0.376 e. The van der Waals surface area contributed by atoms with Gasteiger partial charge < -0.3 is 10.5 Å². The number of benzene rings is 1. The SMILES string of the molecule is CC1CCOC1C(N)Cc1ccc(F)c(Br)c1. The van der Waals surface area contributed by atoms with Crippen molar-refractivity contribution in [2.75, 3.05) is 6.61 Å². The van der Waals surface area contributed by atoms with E-state index < -0.39 is 0 Å². The number of nitrogens with two attached hydrogens (primary N) is 1. The van der Waals surface area contributed by atoms with E-state index in [4.69, 9.17) is 10.5 Å². The molecule has 3 unspecified atom stereocenters. The topological polar surface area (TPSA) is 35.2 Å². The van der Waals surface area contributed by atoms with Gasteiger partial charge in [0.25, 0.3) is 0 Å². The minimum Gasteiger partial charge on any atom is -0.376 e. The maximum atomic E-state index is 13.1. The first-order valence-electron chi connectivity index (χ1n) is 5.89. The molecule has 0 aromatic heterocycles. The summed E-state index contributed by atoms with van der Waals surface area (Å²) in [6.07, 6.45) is 1.91. The van der Waals surface area contributed by atoms with E-state index >= 15 is 0 Å². The smallest absolute Gasteiger partial charge is 0.137 e. The van der Waals surface area contributed by atoms with Crippen molar-refractivity contribution < 1.29 is 9.13 Å². The first kappa shape index (κ1) is 13.0. The van der Waals surface area contributed by atoms with Crippen LogP contribution in [-0.2, 0) is 11.2 Å². The van der Waals surface area contributed by atoms with Crippen LogP contribution in [0, 0.1) is 11.7 Å². The Morgan fingerprint density at radius 3 is 2.94 bits per heavy atom. The molecule has 1 aliphatic rings. The predicted octanol–water partition coefficient (Wildman–Crippen LogP) is 2.88. The second kappa shape index (κ2) is 5.46.